The number of nitrogens with one attached hydrogen (secondary N) is 2. The number of hydrogen-bond acceptors (Lipinski definition) is 6. The zero-order chi connectivity index (χ0) is 27.1. The van der Waals surface area contributed by atoms with Crippen LogP contribution in [0.2, 0.25) is 0 Å². The molecule has 3 rings (SSSR count). The van der Waals surface area contributed by atoms with Gasteiger partial charge < -0.3 is 20.6 Å². The molecule has 0 aliphatic carbocycles. The maximum absolute atomic E-state index is 13.5. The maximum atomic E-state index is 13.5. The molecule has 37 heavy (non-hydrogen) atoms. The van der Waals surface area contributed by atoms with Crippen LogP contribution in [0.25, 0.3) is 0 Å². The van der Waals surface area contributed by atoms with E-state index in [-0.39, 0.29) is 36.4 Å². The lowest BCUT2D eigenvalue weighted by Crippen LogP contribution is -2.56. The summed E-state index contributed by atoms with van der Waals surface area (Å²) in [5.74, 6) is -3.38. The predicted molar refractivity (Wildman–Crippen MR) is 128 cm³/mol. The number of benzene rings is 2. The van der Waals surface area contributed by atoms with Crippen LogP contribution in [0.4, 0.5) is 14.9 Å². The first-order valence-corrected chi connectivity index (χ1v) is 11.1. The monoisotopic (exact) mass is 513 g/mol. The second-order valence-corrected chi connectivity index (χ2v) is 8.06. The molecule has 0 radical (unpaired) electrons. The zero-order valence-corrected chi connectivity index (χ0v) is 19.5. The van der Waals surface area contributed by atoms with Crippen molar-refractivity contribution < 1.29 is 33.6 Å². The first-order valence-electron chi connectivity index (χ1n) is 11.1. The Morgan fingerprint density at radius 1 is 1.16 bits per heavy atom. The molecule has 0 bridgehead atoms. The highest BCUT2D eigenvalue weighted by atomic mass is 19.1. The molecular weight excluding hydrogens is 489 g/mol. The van der Waals surface area contributed by atoms with Crippen LogP contribution in [0.1, 0.15) is 28.4 Å². The summed E-state index contributed by atoms with van der Waals surface area (Å²) >= 11 is 0. The van der Waals surface area contributed by atoms with Gasteiger partial charge in [0, 0.05) is 37.3 Å². The van der Waals surface area contributed by atoms with E-state index in [1.54, 1.807) is 0 Å². The van der Waals surface area contributed by atoms with Crippen LogP contribution in [-0.2, 0) is 9.59 Å². The highest BCUT2D eigenvalue weighted by molar-refractivity contribution is 5.99. The van der Waals surface area contributed by atoms with Gasteiger partial charge in [-0.1, -0.05) is 18.2 Å². The number of rotatable bonds is 9. The number of amides is 4. The van der Waals surface area contributed by atoms with E-state index in [0.717, 1.165) is 28.0 Å². The van der Waals surface area contributed by atoms with Crippen LogP contribution in [0.15, 0.2) is 61.2 Å². The number of carbonyl (C=O) groups excluding carboxylic acids is 3. The molecule has 2 aromatic carbocycles. The average Bonchev–Trinajstić information content (AvgIpc) is 3.32. The molecular formula is C24H24FN5O7. The molecule has 2 unspecified atom stereocenters. The molecule has 2 aromatic rings. The lowest BCUT2D eigenvalue weighted by molar-refractivity contribution is -0.384. The third-order valence-corrected chi connectivity index (χ3v) is 5.60. The number of carboxylic acid groups (broad SMARTS) is 1. The van der Waals surface area contributed by atoms with Crippen LogP contribution in [-0.4, -0.2) is 69.4 Å². The number of nitrogens with zero attached hydrogens (tertiary/aromatic N) is 3. The molecule has 0 spiro atoms. The van der Waals surface area contributed by atoms with Gasteiger partial charge in [-0.25, -0.2) is 9.18 Å². The standard InChI is InChI=1S/C24H24FN5O7/c1-2-10-26-24(35)29-12-11-28(23(34)15-6-8-17(25)9-7-15)22(29)21(33)27-19(14-20(31)32)16-4-3-5-18(13-16)30(36)37/h2-9,13,19,22H,1,10-12,14H2,(H,26,35)(H,27,33)(H,31,32). The number of urea groups is 1. The van der Waals surface area contributed by atoms with E-state index < -0.39 is 53.2 Å². The second-order valence-electron chi connectivity index (χ2n) is 8.06. The molecule has 0 aromatic heterocycles. The van der Waals surface area contributed by atoms with Gasteiger partial charge >= 0.3 is 12.0 Å². The fraction of sp³-hybridized carbons (Fsp3) is 0.250. The summed E-state index contributed by atoms with van der Waals surface area (Å²) < 4.78 is 13.4. The minimum Gasteiger partial charge on any atom is -0.481 e. The molecule has 13 heteroatoms. The Kier molecular flexibility index (Phi) is 8.51. The Morgan fingerprint density at radius 3 is 2.46 bits per heavy atom. The molecule has 12 nitrogen and oxygen atoms in total. The van der Waals surface area contributed by atoms with Crippen molar-refractivity contribution in [3.63, 3.8) is 0 Å². The number of nitro groups is 1. The van der Waals surface area contributed by atoms with E-state index in [0.29, 0.717) is 0 Å². The van der Waals surface area contributed by atoms with E-state index >= 15 is 0 Å². The summed E-state index contributed by atoms with van der Waals surface area (Å²) in [4.78, 5) is 63.7. The fourth-order valence-corrected chi connectivity index (χ4v) is 3.88. The van der Waals surface area contributed by atoms with Crippen molar-refractivity contribution in [3.05, 3.63) is 88.2 Å². The largest absolute Gasteiger partial charge is 0.481 e. The van der Waals surface area contributed by atoms with Gasteiger partial charge in [0.1, 0.15) is 5.82 Å². The Labute approximate surface area is 210 Å². The summed E-state index contributed by atoms with van der Waals surface area (Å²) in [6.07, 6.45) is -0.665. The van der Waals surface area contributed by atoms with Gasteiger partial charge in [0.15, 0.2) is 6.17 Å². The normalized spacial score (nSPS) is 15.5. The Hall–Kier alpha value is -4.81. The van der Waals surface area contributed by atoms with Gasteiger partial charge in [0.2, 0.25) is 0 Å². The topological polar surface area (TPSA) is 162 Å². The number of hydrogen-bond donors (Lipinski definition) is 3. The molecule has 1 aliphatic rings. The summed E-state index contributed by atoms with van der Waals surface area (Å²) in [5.41, 5.74) is -0.0723. The first-order chi connectivity index (χ1) is 17.6. The van der Waals surface area contributed by atoms with E-state index in [1.807, 2.05) is 0 Å². The van der Waals surface area contributed by atoms with Gasteiger partial charge in [-0.15, -0.1) is 6.58 Å². The van der Waals surface area contributed by atoms with Crippen LogP contribution in [0.5, 0.6) is 0 Å². The Morgan fingerprint density at radius 2 is 1.84 bits per heavy atom. The van der Waals surface area contributed by atoms with Crippen LogP contribution < -0.4 is 10.6 Å². The van der Waals surface area contributed by atoms with E-state index in [1.165, 1.54) is 36.4 Å². The van der Waals surface area contributed by atoms with Crippen molar-refractivity contribution in [2.45, 2.75) is 18.6 Å². The third-order valence-electron chi connectivity index (χ3n) is 5.60. The Bertz CT molecular complexity index is 1220. The molecule has 1 aliphatic heterocycles. The molecule has 194 valence electrons. The highest BCUT2D eigenvalue weighted by Gasteiger charge is 2.43. The number of carbonyl (C=O) groups is 4. The second kappa shape index (κ2) is 11.7. The number of nitro benzene ring substituents is 1. The van der Waals surface area contributed by atoms with Gasteiger partial charge in [-0.2, -0.15) is 0 Å². The summed E-state index contributed by atoms with van der Waals surface area (Å²) in [7, 11) is 0. The first kappa shape index (κ1) is 26.8. The molecule has 3 N–H and O–H groups in total. The SMILES string of the molecule is C=CCNC(=O)N1CCN(C(=O)c2ccc(F)cc2)C1C(=O)NC(CC(=O)O)c1cccc([N+](=O)[O-])c1. The molecule has 2 atom stereocenters. The summed E-state index contributed by atoms with van der Waals surface area (Å²) in [6.45, 7) is 3.55. The van der Waals surface area contributed by atoms with E-state index in [2.05, 4.69) is 17.2 Å². The van der Waals surface area contributed by atoms with Crippen molar-refractivity contribution in [3.8, 4) is 0 Å². The highest BCUT2D eigenvalue weighted by Crippen LogP contribution is 2.24. The van der Waals surface area contributed by atoms with Crippen LogP contribution in [0, 0.1) is 15.9 Å². The third kappa shape index (κ3) is 6.45. The minimum atomic E-state index is -1.47. The van der Waals surface area contributed by atoms with Crippen molar-refractivity contribution >= 4 is 29.5 Å². The molecule has 4 amide bonds. The summed E-state index contributed by atoms with van der Waals surface area (Å²) in [5, 5.41) is 25.6. The minimum absolute atomic E-state index is 0.0194. The molecule has 1 fully saturated rings. The molecule has 1 saturated heterocycles. The quantitative estimate of drug-likeness (QED) is 0.263. The smallest absolute Gasteiger partial charge is 0.319 e. The predicted octanol–water partition coefficient (Wildman–Crippen LogP) is 2.05. The molecule has 0 saturated carbocycles. The average molecular weight is 513 g/mol. The number of non-ortho nitro benzene ring substituents is 1. The lowest BCUT2D eigenvalue weighted by atomic mass is 10.0. The van der Waals surface area contributed by atoms with Crippen molar-refractivity contribution in [1.29, 1.82) is 0 Å². The lowest BCUT2D eigenvalue weighted by Gasteiger charge is -2.30. The van der Waals surface area contributed by atoms with E-state index in [4.69, 9.17) is 0 Å². The van der Waals surface area contributed by atoms with E-state index in [9.17, 15) is 38.8 Å². The van der Waals surface area contributed by atoms with Gasteiger partial charge in [0.05, 0.1) is 17.4 Å². The van der Waals surface area contributed by atoms with Crippen molar-refractivity contribution in [2.75, 3.05) is 19.6 Å². The van der Waals surface area contributed by atoms with Gasteiger partial charge in [-0.05, 0) is 29.8 Å². The molecule has 1 heterocycles. The maximum Gasteiger partial charge on any atom is 0.319 e. The number of carboxylic acids is 1. The van der Waals surface area contributed by atoms with Crippen molar-refractivity contribution in [1.82, 2.24) is 20.4 Å². The van der Waals surface area contributed by atoms with Gasteiger partial charge in [-0.3, -0.25) is 29.4 Å². The zero-order valence-electron chi connectivity index (χ0n) is 19.5. The summed E-state index contributed by atoms with van der Waals surface area (Å²) in [6, 6.07) is 7.90. The fourth-order valence-electron chi connectivity index (χ4n) is 3.88. The number of aliphatic carboxylic acids is 1. The van der Waals surface area contributed by atoms with Crippen LogP contribution >= 0.6 is 0 Å². The van der Waals surface area contributed by atoms with Crippen molar-refractivity contribution in [2.24, 2.45) is 0 Å². The Balaban J connectivity index is 1.94. The van der Waals surface area contributed by atoms with Gasteiger partial charge in [0.25, 0.3) is 17.5 Å². The number of halogens is 1. The van der Waals surface area contributed by atoms with Crippen LogP contribution in [0.3, 0.4) is 0 Å².